The lowest BCUT2D eigenvalue weighted by molar-refractivity contribution is -0.121. The van der Waals surface area contributed by atoms with Crippen LogP contribution in [0.1, 0.15) is 5.56 Å². The molecule has 0 spiro atoms. The average molecular weight is 451 g/mol. The van der Waals surface area contributed by atoms with Gasteiger partial charge in [0.15, 0.2) is 0 Å². The number of amides is 1. The second-order valence-corrected chi connectivity index (χ2v) is 7.81. The molecule has 7 nitrogen and oxygen atoms in total. The van der Waals surface area contributed by atoms with Crippen LogP contribution in [0.5, 0.6) is 0 Å². The molecule has 2 heterocycles. The summed E-state index contributed by atoms with van der Waals surface area (Å²) >= 11 is 5.91. The van der Waals surface area contributed by atoms with Crippen LogP contribution in [0.2, 0.25) is 5.02 Å². The smallest absolute Gasteiger partial charge is 0.277 e. The van der Waals surface area contributed by atoms with Crippen LogP contribution in [0, 0.1) is 0 Å². The second-order valence-electron chi connectivity index (χ2n) is 7.37. The molecule has 0 bridgehead atoms. The zero-order chi connectivity index (χ0) is 22.5. The lowest BCUT2D eigenvalue weighted by atomic mass is 10.1. The van der Waals surface area contributed by atoms with Gasteiger partial charge in [0.05, 0.1) is 19.5 Å². The lowest BCUT2D eigenvalue weighted by Crippen LogP contribution is -2.29. The SMILES string of the molecule is COCCn1cnc2c(-c3ccccc3)cn(CC(=O)NCc3ccc(Cl)cc3)c2c1=O. The number of fused-ring (bicyclic) bond motifs is 1. The maximum Gasteiger partial charge on any atom is 0.277 e. The van der Waals surface area contributed by atoms with Crippen molar-refractivity contribution in [3.05, 3.63) is 88.1 Å². The van der Waals surface area contributed by atoms with E-state index in [9.17, 15) is 9.59 Å². The number of hydrogen-bond acceptors (Lipinski definition) is 4. The molecule has 4 rings (SSSR count). The number of carbonyl (C=O) groups excluding carboxylic acids is 1. The predicted octanol–water partition coefficient (Wildman–Crippen LogP) is 3.48. The molecule has 0 radical (unpaired) electrons. The van der Waals surface area contributed by atoms with E-state index in [0.29, 0.717) is 35.8 Å². The van der Waals surface area contributed by atoms with Gasteiger partial charge in [-0.05, 0) is 23.3 Å². The van der Waals surface area contributed by atoms with Gasteiger partial charge in [0, 0.05) is 30.4 Å². The van der Waals surface area contributed by atoms with Crippen LogP contribution in [-0.4, -0.2) is 33.7 Å². The normalized spacial score (nSPS) is 11.1. The summed E-state index contributed by atoms with van der Waals surface area (Å²) in [6, 6.07) is 17.0. The minimum atomic E-state index is -0.209. The fourth-order valence-electron chi connectivity index (χ4n) is 3.53. The van der Waals surface area contributed by atoms with E-state index in [1.165, 1.54) is 10.9 Å². The first-order valence-corrected chi connectivity index (χ1v) is 10.6. The number of rotatable bonds is 8. The van der Waals surface area contributed by atoms with Gasteiger partial charge in [-0.3, -0.25) is 14.2 Å². The van der Waals surface area contributed by atoms with Crippen molar-refractivity contribution in [2.75, 3.05) is 13.7 Å². The summed E-state index contributed by atoms with van der Waals surface area (Å²) in [7, 11) is 1.58. The summed E-state index contributed by atoms with van der Waals surface area (Å²) in [6.45, 7) is 1.15. The first kappa shape index (κ1) is 21.8. The molecule has 0 fully saturated rings. The number of methoxy groups -OCH3 is 1. The average Bonchev–Trinajstić information content (AvgIpc) is 3.18. The Bertz CT molecular complexity index is 1280. The highest BCUT2D eigenvalue weighted by Gasteiger charge is 2.18. The van der Waals surface area contributed by atoms with Crippen LogP contribution < -0.4 is 10.9 Å². The van der Waals surface area contributed by atoms with Crippen molar-refractivity contribution in [2.24, 2.45) is 0 Å². The number of aromatic nitrogens is 3. The first-order chi connectivity index (χ1) is 15.6. The summed E-state index contributed by atoms with van der Waals surface area (Å²) < 4.78 is 8.27. The molecule has 0 aliphatic carbocycles. The van der Waals surface area contributed by atoms with E-state index in [4.69, 9.17) is 16.3 Å². The van der Waals surface area contributed by atoms with E-state index in [2.05, 4.69) is 10.3 Å². The van der Waals surface area contributed by atoms with E-state index < -0.39 is 0 Å². The van der Waals surface area contributed by atoms with Crippen LogP contribution in [0.4, 0.5) is 0 Å². The van der Waals surface area contributed by atoms with E-state index >= 15 is 0 Å². The fourth-order valence-corrected chi connectivity index (χ4v) is 3.66. The summed E-state index contributed by atoms with van der Waals surface area (Å²) in [4.78, 5) is 30.4. The molecule has 0 saturated heterocycles. The molecule has 2 aromatic carbocycles. The third kappa shape index (κ3) is 4.74. The molecule has 1 amide bonds. The third-order valence-corrected chi connectivity index (χ3v) is 5.43. The molecular formula is C24H23ClN4O3. The Kier molecular flexibility index (Phi) is 6.68. The largest absolute Gasteiger partial charge is 0.383 e. The van der Waals surface area contributed by atoms with Gasteiger partial charge in [-0.15, -0.1) is 0 Å². The molecular weight excluding hydrogens is 428 g/mol. The van der Waals surface area contributed by atoms with Crippen LogP contribution in [-0.2, 0) is 29.2 Å². The van der Waals surface area contributed by atoms with Crippen molar-refractivity contribution in [3.63, 3.8) is 0 Å². The third-order valence-electron chi connectivity index (χ3n) is 5.18. The van der Waals surface area contributed by atoms with Crippen LogP contribution in [0.3, 0.4) is 0 Å². The van der Waals surface area contributed by atoms with E-state index in [0.717, 1.165) is 16.7 Å². The molecule has 32 heavy (non-hydrogen) atoms. The lowest BCUT2D eigenvalue weighted by Gasteiger charge is -2.09. The van der Waals surface area contributed by atoms with Crippen LogP contribution in [0.15, 0.2) is 71.9 Å². The van der Waals surface area contributed by atoms with Crippen molar-refractivity contribution in [1.82, 2.24) is 19.4 Å². The van der Waals surface area contributed by atoms with Crippen molar-refractivity contribution >= 4 is 28.5 Å². The molecule has 0 aliphatic heterocycles. The first-order valence-electron chi connectivity index (χ1n) is 10.2. The zero-order valence-electron chi connectivity index (χ0n) is 17.6. The monoisotopic (exact) mass is 450 g/mol. The zero-order valence-corrected chi connectivity index (χ0v) is 18.4. The molecule has 164 valence electrons. The van der Waals surface area contributed by atoms with Gasteiger partial charge in [0.1, 0.15) is 17.6 Å². The van der Waals surface area contributed by atoms with Crippen molar-refractivity contribution in [2.45, 2.75) is 19.6 Å². The number of carbonyl (C=O) groups is 1. The van der Waals surface area contributed by atoms with Crippen LogP contribution >= 0.6 is 11.6 Å². The number of nitrogens with one attached hydrogen (secondary N) is 1. The van der Waals surface area contributed by atoms with Gasteiger partial charge < -0.3 is 14.6 Å². The van der Waals surface area contributed by atoms with Gasteiger partial charge in [-0.2, -0.15) is 0 Å². The quantitative estimate of drug-likeness (QED) is 0.446. The number of benzene rings is 2. The van der Waals surface area contributed by atoms with Crippen molar-refractivity contribution < 1.29 is 9.53 Å². The van der Waals surface area contributed by atoms with Gasteiger partial charge in [-0.25, -0.2) is 4.98 Å². The Balaban J connectivity index is 1.66. The highest BCUT2D eigenvalue weighted by molar-refractivity contribution is 6.30. The van der Waals surface area contributed by atoms with E-state index in [-0.39, 0.29) is 18.0 Å². The number of halogens is 1. The highest BCUT2D eigenvalue weighted by atomic mass is 35.5. The van der Waals surface area contributed by atoms with Gasteiger partial charge in [0.25, 0.3) is 5.56 Å². The fraction of sp³-hybridized carbons (Fsp3) is 0.208. The number of ether oxygens (including phenoxy) is 1. The highest BCUT2D eigenvalue weighted by Crippen LogP contribution is 2.27. The molecule has 1 N–H and O–H groups in total. The predicted molar refractivity (Wildman–Crippen MR) is 125 cm³/mol. The summed E-state index contributed by atoms with van der Waals surface area (Å²) in [5, 5.41) is 3.54. The summed E-state index contributed by atoms with van der Waals surface area (Å²) in [6.07, 6.45) is 3.35. The van der Waals surface area contributed by atoms with Crippen LogP contribution in [0.25, 0.3) is 22.2 Å². The van der Waals surface area contributed by atoms with Crippen molar-refractivity contribution in [3.8, 4) is 11.1 Å². The number of nitrogens with zero attached hydrogens (tertiary/aromatic N) is 3. The molecule has 0 unspecified atom stereocenters. The molecule has 0 aliphatic rings. The second kappa shape index (κ2) is 9.80. The number of hydrogen-bond donors (Lipinski definition) is 1. The maximum atomic E-state index is 13.2. The summed E-state index contributed by atoms with van der Waals surface area (Å²) in [5.41, 5.74) is 3.43. The molecule has 0 atom stereocenters. The maximum absolute atomic E-state index is 13.2. The van der Waals surface area contributed by atoms with Gasteiger partial charge >= 0.3 is 0 Å². The minimum absolute atomic E-state index is 0.00212. The Morgan fingerprint density at radius 3 is 2.56 bits per heavy atom. The minimum Gasteiger partial charge on any atom is -0.383 e. The molecule has 0 saturated carbocycles. The standard InChI is InChI=1S/C24H23ClN4O3/c1-32-12-11-28-16-27-22-20(18-5-3-2-4-6-18)14-29(23(22)24(28)31)15-21(30)26-13-17-7-9-19(25)10-8-17/h2-10,14,16H,11-13,15H2,1H3,(H,26,30). The molecule has 4 aromatic rings. The Morgan fingerprint density at radius 1 is 1.09 bits per heavy atom. The topological polar surface area (TPSA) is 78.2 Å². The van der Waals surface area contributed by atoms with E-state index in [1.807, 2.05) is 48.7 Å². The summed E-state index contributed by atoms with van der Waals surface area (Å²) in [5.74, 6) is -0.205. The van der Waals surface area contributed by atoms with Gasteiger partial charge in [0.2, 0.25) is 5.91 Å². The molecule has 8 heteroatoms. The Morgan fingerprint density at radius 2 is 1.84 bits per heavy atom. The Labute approximate surface area is 190 Å². The Hall–Kier alpha value is -3.42. The van der Waals surface area contributed by atoms with E-state index in [1.54, 1.807) is 23.8 Å². The van der Waals surface area contributed by atoms with Gasteiger partial charge in [-0.1, -0.05) is 54.1 Å². The molecule has 2 aromatic heterocycles. The van der Waals surface area contributed by atoms with Crippen molar-refractivity contribution in [1.29, 1.82) is 0 Å².